The minimum atomic E-state index is -0.614. The van der Waals surface area contributed by atoms with Gasteiger partial charge in [0.1, 0.15) is 28.8 Å². The van der Waals surface area contributed by atoms with Gasteiger partial charge < -0.3 is 19.1 Å². The van der Waals surface area contributed by atoms with Gasteiger partial charge in [-0.05, 0) is 79.0 Å². The zero-order valence-electron chi connectivity index (χ0n) is 25.6. The molecule has 0 bridgehead atoms. The lowest BCUT2D eigenvalue weighted by molar-refractivity contribution is 0.0282. The van der Waals surface area contributed by atoms with Crippen LogP contribution in [0.3, 0.4) is 0 Å². The largest absolute Gasteiger partial charge is 0.444 e. The molecule has 6 heterocycles. The number of rotatable bonds is 5. The van der Waals surface area contributed by atoms with Gasteiger partial charge in [-0.25, -0.2) is 14.8 Å². The van der Waals surface area contributed by atoms with Crippen LogP contribution >= 0.6 is 0 Å². The molecule has 11 nitrogen and oxygen atoms in total. The number of anilines is 2. The first-order valence-corrected chi connectivity index (χ1v) is 14.8. The zero-order chi connectivity index (χ0) is 30.0. The van der Waals surface area contributed by atoms with Crippen LogP contribution in [0.5, 0.6) is 0 Å². The van der Waals surface area contributed by atoms with Crippen LogP contribution < -0.4 is 9.80 Å². The lowest BCUT2D eigenvalue weighted by Gasteiger charge is -2.26. The van der Waals surface area contributed by atoms with Crippen LogP contribution in [-0.4, -0.2) is 66.9 Å². The second kappa shape index (κ2) is 10.1. The molecule has 3 aromatic heterocycles. The molecule has 6 rings (SSSR count). The Morgan fingerprint density at radius 3 is 2.67 bits per heavy atom. The van der Waals surface area contributed by atoms with Gasteiger partial charge in [-0.15, -0.1) is 10.2 Å². The molecular formula is C31H40N8O3. The van der Waals surface area contributed by atoms with Gasteiger partial charge in [0, 0.05) is 37.2 Å². The van der Waals surface area contributed by atoms with Gasteiger partial charge in [0.05, 0.1) is 24.3 Å². The van der Waals surface area contributed by atoms with Crippen LogP contribution in [0.25, 0.3) is 11.5 Å². The van der Waals surface area contributed by atoms with Crippen LogP contribution in [0.2, 0.25) is 0 Å². The number of amides is 2. The summed E-state index contributed by atoms with van der Waals surface area (Å²) < 4.78 is 7.76. The standard InChI is InChI=1S/C31H40N8O3/c1-19-10-9-15-37(19)26-16-20-21(23(33-26)18-36(7)29(41)42-30(2,3)4)17-38(28(20)40)24-12-8-11-22(32-24)27-35-34-25-13-14-31(5,6)39(25)27/h8,11-12,16,19H,9-10,13-15,17-18H2,1-7H3/t19-/m1/s1. The van der Waals surface area contributed by atoms with Crippen molar-refractivity contribution in [1.82, 2.24) is 29.6 Å². The fourth-order valence-electron chi connectivity index (χ4n) is 6.23. The Balaban J connectivity index is 1.35. The number of pyridine rings is 2. The minimum Gasteiger partial charge on any atom is -0.444 e. The molecule has 0 spiro atoms. The highest BCUT2D eigenvalue weighted by Gasteiger charge is 2.37. The molecule has 42 heavy (non-hydrogen) atoms. The first-order valence-electron chi connectivity index (χ1n) is 14.8. The second-order valence-electron chi connectivity index (χ2n) is 13.3. The van der Waals surface area contributed by atoms with Gasteiger partial charge in [0.15, 0.2) is 5.82 Å². The predicted molar refractivity (Wildman–Crippen MR) is 159 cm³/mol. The van der Waals surface area contributed by atoms with Gasteiger partial charge in [-0.1, -0.05) is 6.07 Å². The average Bonchev–Trinajstić information content (AvgIpc) is 3.68. The van der Waals surface area contributed by atoms with E-state index < -0.39 is 11.7 Å². The summed E-state index contributed by atoms with van der Waals surface area (Å²) in [5.74, 6) is 2.86. The molecule has 11 heteroatoms. The Kier molecular flexibility index (Phi) is 6.74. The predicted octanol–water partition coefficient (Wildman–Crippen LogP) is 4.93. The average molecular weight is 573 g/mol. The molecule has 2 amide bonds. The van der Waals surface area contributed by atoms with E-state index in [9.17, 15) is 9.59 Å². The third kappa shape index (κ3) is 4.98. The number of aromatic nitrogens is 5. The number of aryl methyl sites for hydroxylation is 1. The molecule has 0 unspecified atom stereocenters. The summed E-state index contributed by atoms with van der Waals surface area (Å²) in [7, 11) is 1.70. The Hall–Kier alpha value is -4.02. The molecule has 1 atom stereocenters. The van der Waals surface area contributed by atoms with Crippen molar-refractivity contribution in [2.45, 2.75) is 97.5 Å². The molecular weight excluding hydrogens is 532 g/mol. The summed E-state index contributed by atoms with van der Waals surface area (Å²) >= 11 is 0. The third-order valence-corrected chi connectivity index (χ3v) is 8.46. The maximum atomic E-state index is 14.0. The molecule has 3 aromatic rings. The van der Waals surface area contributed by atoms with Crippen molar-refractivity contribution >= 4 is 23.6 Å². The van der Waals surface area contributed by atoms with E-state index in [2.05, 4.69) is 40.4 Å². The molecule has 0 N–H and O–H groups in total. The highest BCUT2D eigenvalue weighted by Crippen LogP contribution is 2.37. The van der Waals surface area contributed by atoms with Crippen LogP contribution in [0, 0.1) is 0 Å². The quantitative estimate of drug-likeness (QED) is 0.423. The summed E-state index contributed by atoms with van der Waals surface area (Å²) in [5.41, 5.74) is 2.07. The van der Waals surface area contributed by atoms with E-state index in [0.29, 0.717) is 41.2 Å². The fraction of sp³-hybridized carbons (Fsp3) is 0.548. The SMILES string of the molecule is C[C@@H]1CCCN1c1cc2c(c(CN(C)C(=O)OC(C)(C)C)n1)CN(c1cccc(-c3nnc4n3C(C)(C)CC4)n1)C2=O. The third-order valence-electron chi connectivity index (χ3n) is 8.46. The topological polar surface area (TPSA) is 110 Å². The molecule has 0 saturated carbocycles. The van der Waals surface area contributed by atoms with E-state index in [0.717, 1.165) is 49.4 Å². The highest BCUT2D eigenvalue weighted by atomic mass is 16.6. The van der Waals surface area contributed by atoms with E-state index in [-0.39, 0.29) is 18.0 Å². The summed E-state index contributed by atoms with van der Waals surface area (Å²) in [6, 6.07) is 7.91. The molecule has 1 fully saturated rings. The Morgan fingerprint density at radius 1 is 1.17 bits per heavy atom. The van der Waals surface area contributed by atoms with Crippen LogP contribution in [0.4, 0.5) is 16.4 Å². The molecule has 3 aliphatic rings. The summed E-state index contributed by atoms with van der Waals surface area (Å²) in [6.45, 7) is 13.5. The second-order valence-corrected chi connectivity index (χ2v) is 13.3. The molecule has 0 radical (unpaired) electrons. The number of hydrogen-bond donors (Lipinski definition) is 0. The van der Waals surface area contributed by atoms with Gasteiger partial charge in [0.25, 0.3) is 5.91 Å². The van der Waals surface area contributed by atoms with Crippen molar-refractivity contribution in [3.05, 3.63) is 46.9 Å². The van der Waals surface area contributed by atoms with E-state index >= 15 is 0 Å². The van der Waals surface area contributed by atoms with Crippen LogP contribution in [0.1, 0.15) is 88.2 Å². The number of fused-ring (bicyclic) bond motifs is 2. The molecule has 0 aliphatic carbocycles. The fourth-order valence-corrected chi connectivity index (χ4v) is 6.23. The summed E-state index contributed by atoms with van der Waals surface area (Å²) in [4.78, 5) is 42.2. The van der Waals surface area contributed by atoms with Gasteiger partial charge in [-0.2, -0.15) is 0 Å². The summed E-state index contributed by atoms with van der Waals surface area (Å²) in [6.07, 6.45) is 3.59. The smallest absolute Gasteiger partial charge is 0.410 e. The van der Waals surface area contributed by atoms with Crippen LogP contribution in [-0.2, 0) is 29.8 Å². The van der Waals surface area contributed by atoms with Gasteiger partial charge >= 0.3 is 6.09 Å². The minimum absolute atomic E-state index is 0.102. The number of carbonyl (C=O) groups is 2. The van der Waals surface area contributed by atoms with Crippen molar-refractivity contribution < 1.29 is 14.3 Å². The normalized spacial score (nSPS) is 19.3. The Labute approximate surface area is 246 Å². The number of hydrogen-bond acceptors (Lipinski definition) is 8. The van der Waals surface area contributed by atoms with Crippen molar-refractivity contribution in [2.75, 3.05) is 23.4 Å². The lowest BCUT2D eigenvalue weighted by Crippen LogP contribution is -2.34. The van der Waals surface area contributed by atoms with E-state index in [1.165, 1.54) is 4.90 Å². The first kappa shape index (κ1) is 28.1. The van der Waals surface area contributed by atoms with Gasteiger partial charge in [-0.3, -0.25) is 9.69 Å². The lowest BCUT2D eigenvalue weighted by atomic mass is 10.0. The van der Waals surface area contributed by atoms with E-state index in [1.807, 2.05) is 45.0 Å². The molecule has 1 saturated heterocycles. The maximum absolute atomic E-state index is 14.0. The Bertz CT molecular complexity index is 1560. The maximum Gasteiger partial charge on any atom is 0.410 e. The molecule has 0 aromatic carbocycles. The van der Waals surface area contributed by atoms with Crippen molar-refractivity contribution in [2.24, 2.45) is 0 Å². The monoisotopic (exact) mass is 572 g/mol. The van der Waals surface area contributed by atoms with Crippen molar-refractivity contribution in [3.63, 3.8) is 0 Å². The number of ether oxygens (including phenoxy) is 1. The molecule has 3 aliphatic heterocycles. The van der Waals surface area contributed by atoms with Crippen molar-refractivity contribution in [3.8, 4) is 11.5 Å². The van der Waals surface area contributed by atoms with Gasteiger partial charge in [0.2, 0.25) is 0 Å². The Morgan fingerprint density at radius 2 is 1.95 bits per heavy atom. The number of nitrogens with zero attached hydrogens (tertiary/aromatic N) is 8. The highest BCUT2D eigenvalue weighted by molar-refractivity contribution is 6.10. The van der Waals surface area contributed by atoms with Crippen molar-refractivity contribution in [1.29, 1.82) is 0 Å². The molecule has 222 valence electrons. The summed E-state index contributed by atoms with van der Waals surface area (Å²) in [5, 5.41) is 8.87. The zero-order valence-corrected chi connectivity index (χ0v) is 25.6. The number of carbonyl (C=O) groups excluding carboxylic acids is 2. The van der Waals surface area contributed by atoms with E-state index in [1.54, 1.807) is 11.9 Å². The van der Waals surface area contributed by atoms with Crippen LogP contribution in [0.15, 0.2) is 24.3 Å². The first-order chi connectivity index (χ1) is 19.8. The van der Waals surface area contributed by atoms with E-state index in [4.69, 9.17) is 14.7 Å².